The molecular formula is C23H27N3O5. The zero-order valence-corrected chi connectivity index (χ0v) is 18.1. The van der Waals surface area contributed by atoms with Crippen molar-refractivity contribution in [2.75, 3.05) is 54.1 Å². The Bertz CT molecular complexity index is 1060. The molecule has 0 bridgehead atoms. The van der Waals surface area contributed by atoms with E-state index in [2.05, 4.69) is 16.0 Å². The van der Waals surface area contributed by atoms with Gasteiger partial charge in [0.2, 0.25) is 0 Å². The fourth-order valence-corrected chi connectivity index (χ4v) is 3.76. The lowest BCUT2D eigenvalue weighted by atomic mass is 10.1. The van der Waals surface area contributed by atoms with Crippen LogP contribution in [-0.4, -0.2) is 74.7 Å². The number of hydrogen-bond acceptors (Lipinski definition) is 7. The third-order valence-electron chi connectivity index (χ3n) is 5.60. The van der Waals surface area contributed by atoms with Crippen molar-refractivity contribution < 1.29 is 23.4 Å². The largest absolute Gasteiger partial charge is 0.497 e. The smallest absolute Gasteiger partial charge is 0.309 e. The number of carbonyl (C=O) groups is 1. The Labute approximate surface area is 181 Å². The molecule has 1 aliphatic rings. The number of carbonyl (C=O) groups excluding carboxylic acids is 1. The summed E-state index contributed by atoms with van der Waals surface area (Å²) >= 11 is 0. The Morgan fingerprint density at radius 2 is 1.74 bits per heavy atom. The van der Waals surface area contributed by atoms with Gasteiger partial charge in [-0.1, -0.05) is 6.07 Å². The van der Waals surface area contributed by atoms with E-state index in [1.54, 1.807) is 44.4 Å². The molecule has 2 heterocycles. The number of aromatic nitrogens is 1. The Kier molecular flexibility index (Phi) is 6.27. The summed E-state index contributed by atoms with van der Waals surface area (Å²) in [5, 5.41) is 0. The number of rotatable bonds is 7. The monoisotopic (exact) mass is 425 g/mol. The molecule has 1 fully saturated rings. The maximum absolute atomic E-state index is 12.8. The van der Waals surface area contributed by atoms with Gasteiger partial charge in [0.1, 0.15) is 11.3 Å². The van der Waals surface area contributed by atoms with Crippen LogP contribution in [0.5, 0.6) is 17.2 Å². The first-order chi connectivity index (χ1) is 15.1. The molecule has 0 saturated carbocycles. The SMILES string of the molecule is COc1ccc2oc(C(=O)N3CCN(CCc4ccc(OC)c(OC)c4)CC3)nc2c1. The molecule has 164 valence electrons. The molecule has 1 aliphatic heterocycles. The molecule has 0 spiro atoms. The minimum Gasteiger partial charge on any atom is -0.497 e. The van der Waals surface area contributed by atoms with E-state index < -0.39 is 0 Å². The normalized spacial score (nSPS) is 14.6. The number of ether oxygens (including phenoxy) is 3. The standard InChI is InChI=1S/C23H27N3O5/c1-28-17-5-7-19-18(15-17)24-22(31-19)23(27)26-12-10-25(11-13-26)9-8-16-4-6-20(29-2)21(14-16)30-3/h4-7,14-15H,8-13H2,1-3H3. The lowest BCUT2D eigenvalue weighted by molar-refractivity contribution is 0.0602. The van der Waals surface area contributed by atoms with Crippen LogP contribution in [0.15, 0.2) is 40.8 Å². The van der Waals surface area contributed by atoms with E-state index in [9.17, 15) is 4.79 Å². The van der Waals surface area contributed by atoms with Gasteiger partial charge in [-0.3, -0.25) is 9.69 Å². The van der Waals surface area contributed by atoms with Crippen molar-refractivity contribution in [2.24, 2.45) is 0 Å². The predicted octanol–water partition coefficient (Wildman–Crippen LogP) is 2.85. The van der Waals surface area contributed by atoms with Crippen LogP contribution in [-0.2, 0) is 6.42 Å². The molecule has 0 radical (unpaired) electrons. The Balaban J connectivity index is 1.32. The van der Waals surface area contributed by atoms with Crippen LogP contribution >= 0.6 is 0 Å². The average molecular weight is 425 g/mol. The van der Waals surface area contributed by atoms with Crippen LogP contribution < -0.4 is 14.2 Å². The summed E-state index contributed by atoms with van der Waals surface area (Å²) in [5.41, 5.74) is 2.40. The van der Waals surface area contributed by atoms with E-state index in [4.69, 9.17) is 18.6 Å². The topological polar surface area (TPSA) is 77.3 Å². The number of oxazole rings is 1. The van der Waals surface area contributed by atoms with Crippen molar-refractivity contribution >= 4 is 17.0 Å². The predicted molar refractivity (Wildman–Crippen MR) is 116 cm³/mol. The first-order valence-corrected chi connectivity index (χ1v) is 10.3. The van der Waals surface area contributed by atoms with E-state index in [1.807, 2.05) is 12.1 Å². The van der Waals surface area contributed by atoms with Crippen LogP contribution in [0, 0.1) is 0 Å². The molecule has 0 aliphatic carbocycles. The molecule has 3 aromatic rings. The fraction of sp³-hybridized carbons (Fsp3) is 0.391. The van der Waals surface area contributed by atoms with E-state index >= 15 is 0 Å². The second-order valence-electron chi connectivity index (χ2n) is 7.43. The molecule has 4 rings (SSSR count). The summed E-state index contributed by atoms with van der Waals surface area (Å²) in [6.45, 7) is 3.83. The molecule has 0 atom stereocenters. The van der Waals surface area contributed by atoms with Crippen LogP contribution in [0.25, 0.3) is 11.1 Å². The van der Waals surface area contributed by atoms with Crippen LogP contribution in [0.2, 0.25) is 0 Å². The van der Waals surface area contributed by atoms with Gasteiger partial charge in [-0.15, -0.1) is 0 Å². The molecular weight excluding hydrogens is 398 g/mol. The number of benzene rings is 2. The quantitative estimate of drug-likeness (QED) is 0.576. The number of piperazine rings is 1. The molecule has 2 aromatic carbocycles. The van der Waals surface area contributed by atoms with Gasteiger partial charge in [0.25, 0.3) is 5.89 Å². The maximum atomic E-state index is 12.8. The molecule has 0 unspecified atom stereocenters. The third-order valence-corrected chi connectivity index (χ3v) is 5.60. The highest BCUT2D eigenvalue weighted by atomic mass is 16.5. The number of amides is 1. The van der Waals surface area contributed by atoms with Crippen molar-refractivity contribution in [3.05, 3.63) is 47.9 Å². The summed E-state index contributed by atoms with van der Waals surface area (Å²) < 4.78 is 21.5. The summed E-state index contributed by atoms with van der Waals surface area (Å²) in [4.78, 5) is 21.3. The Morgan fingerprint density at radius 3 is 2.45 bits per heavy atom. The van der Waals surface area contributed by atoms with E-state index in [1.165, 1.54) is 5.56 Å². The summed E-state index contributed by atoms with van der Waals surface area (Å²) in [6.07, 6.45) is 0.904. The number of fused-ring (bicyclic) bond motifs is 1. The van der Waals surface area contributed by atoms with Crippen molar-refractivity contribution in [3.8, 4) is 17.2 Å². The first-order valence-electron chi connectivity index (χ1n) is 10.3. The first kappa shape index (κ1) is 21.0. The van der Waals surface area contributed by atoms with Gasteiger partial charge in [-0.2, -0.15) is 0 Å². The molecule has 8 nitrogen and oxygen atoms in total. The number of methoxy groups -OCH3 is 3. The lowest BCUT2D eigenvalue weighted by Crippen LogP contribution is -2.49. The highest BCUT2D eigenvalue weighted by molar-refractivity contribution is 5.92. The Hall–Kier alpha value is -3.26. The van der Waals surface area contributed by atoms with Gasteiger partial charge in [-0.05, 0) is 36.2 Å². The minimum absolute atomic E-state index is 0.127. The molecule has 8 heteroatoms. The molecule has 31 heavy (non-hydrogen) atoms. The van der Waals surface area contributed by atoms with Crippen LogP contribution in [0.4, 0.5) is 0 Å². The van der Waals surface area contributed by atoms with Gasteiger partial charge in [0.15, 0.2) is 17.1 Å². The van der Waals surface area contributed by atoms with Gasteiger partial charge in [0, 0.05) is 38.8 Å². The van der Waals surface area contributed by atoms with Gasteiger partial charge < -0.3 is 23.5 Å². The third kappa shape index (κ3) is 4.59. The second-order valence-corrected chi connectivity index (χ2v) is 7.43. The average Bonchev–Trinajstić information content (AvgIpc) is 3.25. The second kappa shape index (κ2) is 9.26. The number of nitrogens with zero attached hydrogens (tertiary/aromatic N) is 3. The Morgan fingerprint density at radius 1 is 0.968 bits per heavy atom. The van der Waals surface area contributed by atoms with Gasteiger partial charge in [-0.25, -0.2) is 4.98 Å². The van der Waals surface area contributed by atoms with Crippen LogP contribution in [0.3, 0.4) is 0 Å². The van der Waals surface area contributed by atoms with Crippen molar-refractivity contribution in [1.82, 2.24) is 14.8 Å². The molecule has 1 aromatic heterocycles. The van der Waals surface area contributed by atoms with Crippen molar-refractivity contribution in [3.63, 3.8) is 0 Å². The lowest BCUT2D eigenvalue weighted by Gasteiger charge is -2.34. The van der Waals surface area contributed by atoms with E-state index in [0.717, 1.165) is 37.6 Å². The zero-order valence-electron chi connectivity index (χ0n) is 18.1. The molecule has 1 amide bonds. The zero-order chi connectivity index (χ0) is 21.8. The fourth-order valence-electron chi connectivity index (χ4n) is 3.76. The minimum atomic E-state index is -0.172. The maximum Gasteiger partial charge on any atom is 0.309 e. The highest BCUT2D eigenvalue weighted by Crippen LogP contribution is 2.28. The molecule has 0 N–H and O–H groups in total. The van der Waals surface area contributed by atoms with E-state index in [0.29, 0.717) is 29.9 Å². The van der Waals surface area contributed by atoms with Gasteiger partial charge in [0.05, 0.1) is 21.3 Å². The number of hydrogen-bond donors (Lipinski definition) is 0. The highest BCUT2D eigenvalue weighted by Gasteiger charge is 2.25. The van der Waals surface area contributed by atoms with E-state index in [-0.39, 0.29) is 11.8 Å². The van der Waals surface area contributed by atoms with Crippen LogP contribution in [0.1, 0.15) is 16.2 Å². The summed E-state index contributed by atoms with van der Waals surface area (Å²) in [7, 11) is 4.87. The summed E-state index contributed by atoms with van der Waals surface area (Å²) in [6, 6.07) is 11.3. The van der Waals surface area contributed by atoms with Crippen molar-refractivity contribution in [2.45, 2.75) is 6.42 Å². The van der Waals surface area contributed by atoms with Gasteiger partial charge >= 0.3 is 5.91 Å². The van der Waals surface area contributed by atoms with Crippen molar-refractivity contribution in [1.29, 1.82) is 0 Å². The summed E-state index contributed by atoms with van der Waals surface area (Å²) in [5.74, 6) is 2.11. The molecule has 1 saturated heterocycles.